The van der Waals surface area contributed by atoms with Gasteiger partial charge in [-0.05, 0) is 43.2 Å². The summed E-state index contributed by atoms with van der Waals surface area (Å²) in [6.45, 7) is 4.44. The molecule has 1 aromatic heterocycles. The first kappa shape index (κ1) is 14.7. The summed E-state index contributed by atoms with van der Waals surface area (Å²) in [5, 5.41) is 4.52. The lowest BCUT2D eigenvalue weighted by atomic mass is 10.1. The molecule has 4 nitrogen and oxygen atoms in total. The molecular weight excluding hydrogens is 282 g/mol. The van der Waals surface area contributed by atoms with Crippen LogP contribution in [0, 0.1) is 0 Å². The number of rotatable bonds is 5. The van der Waals surface area contributed by atoms with Gasteiger partial charge in [0, 0.05) is 17.3 Å². The Bertz CT molecular complexity index is 663. The Balaban J connectivity index is 1.73. The fourth-order valence-corrected chi connectivity index (χ4v) is 4.48. The van der Waals surface area contributed by atoms with E-state index in [4.69, 9.17) is 0 Å². The van der Waals surface area contributed by atoms with Crippen molar-refractivity contribution < 1.29 is 0 Å². The molecule has 21 heavy (non-hydrogen) atoms. The van der Waals surface area contributed by atoms with E-state index in [-0.39, 0.29) is 5.69 Å². The molecular formula is C16H23N3OS. The molecule has 0 bridgehead atoms. The van der Waals surface area contributed by atoms with Gasteiger partial charge in [-0.15, -0.1) is 0 Å². The molecule has 1 aliphatic rings. The van der Waals surface area contributed by atoms with Gasteiger partial charge in [-0.2, -0.15) is 11.8 Å². The first-order valence-corrected chi connectivity index (χ1v) is 8.82. The van der Waals surface area contributed by atoms with E-state index in [1.165, 1.54) is 30.6 Å². The van der Waals surface area contributed by atoms with E-state index in [0.717, 1.165) is 16.3 Å². The quantitative estimate of drug-likeness (QED) is 0.795. The molecule has 3 rings (SSSR count). The van der Waals surface area contributed by atoms with Gasteiger partial charge in [0.05, 0.1) is 11.0 Å². The molecule has 114 valence electrons. The zero-order chi connectivity index (χ0) is 14.8. The van der Waals surface area contributed by atoms with Crippen molar-refractivity contribution in [2.45, 2.75) is 50.4 Å². The summed E-state index contributed by atoms with van der Waals surface area (Å²) >= 11 is 2.08. The van der Waals surface area contributed by atoms with Gasteiger partial charge in [0.15, 0.2) is 0 Å². The number of aromatic nitrogens is 2. The van der Waals surface area contributed by atoms with Crippen LogP contribution in [0.5, 0.6) is 0 Å². The van der Waals surface area contributed by atoms with Crippen molar-refractivity contribution in [3.8, 4) is 0 Å². The predicted octanol–water partition coefficient (Wildman–Crippen LogP) is 3.18. The van der Waals surface area contributed by atoms with Crippen molar-refractivity contribution in [3.63, 3.8) is 0 Å². The summed E-state index contributed by atoms with van der Waals surface area (Å²) < 4.78 is 0. The summed E-state index contributed by atoms with van der Waals surface area (Å²) in [7, 11) is 0. The Morgan fingerprint density at radius 1 is 1.33 bits per heavy atom. The summed E-state index contributed by atoms with van der Waals surface area (Å²) in [5.41, 5.74) is 2.84. The molecule has 3 N–H and O–H groups in total. The normalized spacial score (nSPS) is 23.7. The Morgan fingerprint density at radius 2 is 2.14 bits per heavy atom. The van der Waals surface area contributed by atoms with Crippen LogP contribution in [-0.2, 0) is 0 Å². The Kier molecular flexibility index (Phi) is 4.40. The van der Waals surface area contributed by atoms with E-state index in [9.17, 15) is 4.79 Å². The van der Waals surface area contributed by atoms with Crippen molar-refractivity contribution in [1.82, 2.24) is 15.3 Å². The number of aromatic amines is 2. The molecule has 5 heteroatoms. The van der Waals surface area contributed by atoms with E-state index in [1.807, 2.05) is 6.07 Å². The highest BCUT2D eigenvalue weighted by Gasteiger charge is 2.28. The maximum absolute atomic E-state index is 11.3. The van der Waals surface area contributed by atoms with E-state index in [1.54, 1.807) is 0 Å². The minimum absolute atomic E-state index is 0.141. The van der Waals surface area contributed by atoms with Gasteiger partial charge in [0.25, 0.3) is 0 Å². The molecule has 1 aromatic carbocycles. The molecule has 0 saturated heterocycles. The summed E-state index contributed by atoms with van der Waals surface area (Å²) in [4.78, 5) is 17.0. The fraction of sp³-hybridized carbons (Fsp3) is 0.562. The van der Waals surface area contributed by atoms with Crippen LogP contribution in [0.4, 0.5) is 0 Å². The molecule has 0 aliphatic heterocycles. The molecule has 0 radical (unpaired) electrons. The van der Waals surface area contributed by atoms with Gasteiger partial charge in [0.1, 0.15) is 0 Å². The van der Waals surface area contributed by atoms with Crippen molar-refractivity contribution in [2.75, 3.05) is 5.75 Å². The maximum Gasteiger partial charge on any atom is 0.323 e. The first-order chi connectivity index (χ1) is 10.2. The number of imidazole rings is 1. The number of H-pyrrole nitrogens is 2. The minimum Gasteiger partial charge on any atom is -0.306 e. The largest absolute Gasteiger partial charge is 0.323 e. The third kappa shape index (κ3) is 3.19. The minimum atomic E-state index is -0.141. The average molecular weight is 305 g/mol. The summed E-state index contributed by atoms with van der Waals surface area (Å²) in [6.07, 6.45) is 3.92. The zero-order valence-electron chi connectivity index (χ0n) is 12.6. The molecule has 0 amide bonds. The summed E-state index contributed by atoms with van der Waals surface area (Å²) in [6, 6.07) is 7.05. The lowest BCUT2D eigenvalue weighted by Gasteiger charge is -2.25. The van der Waals surface area contributed by atoms with Gasteiger partial charge in [-0.1, -0.05) is 19.4 Å². The Morgan fingerprint density at radius 3 is 2.95 bits per heavy atom. The van der Waals surface area contributed by atoms with Crippen LogP contribution < -0.4 is 11.0 Å². The monoisotopic (exact) mass is 305 g/mol. The Hall–Kier alpha value is -1.20. The topological polar surface area (TPSA) is 60.7 Å². The van der Waals surface area contributed by atoms with Crippen LogP contribution in [0.3, 0.4) is 0 Å². The molecule has 3 atom stereocenters. The van der Waals surface area contributed by atoms with Crippen molar-refractivity contribution >= 4 is 22.8 Å². The first-order valence-electron chi connectivity index (χ1n) is 7.77. The summed E-state index contributed by atoms with van der Waals surface area (Å²) in [5.74, 6) is 1.19. The van der Waals surface area contributed by atoms with Crippen LogP contribution in [0.1, 0.15) is 44.7 Å². The van der Waals surface area contributed by atoms with Crippen LogP contribution in [0.15, 0.2) is 23.0 Å². The number of nitrogens with one attached hydrogen (secondary N) is 3. The van der Waals surface area contributed by atoms with Crippen LogP contribution in [0.2, 0.25) is 0 Å². The average Bonchev–Trinajstić information content (AvgIpc) is 3.04. The SMILES string of the molecule is CCSC1CCCC1NC(C)c1ccc2[nH]c(=O)[nH]c2c1. The van der Waals surface area contributed by atoms with E-state index in [0.29, 0.717) is 12.1 Å². The van der Waals surface area contributed by atoms with E-state index in [2.05, 4.69) is 53.0 Å². The van der Waals surface area contributed by atoms with Crippen molar-refractivity contribution in [2.24, 2.45) is 0 Å². The lowest BCUT2D eigenvalue weighted by Crippen LogP contribution is -2.36. The number of hydrogen-bond donors (Lipinski definition) is 3. The highest BCUT2D eigenvalue weighted by atomic mass is 32.2. The lowest BCUT2D eigenvalue weighted by molar-refractivity contribution is 0.467. The van der Waals surface area contributed by atoms with Gasteiger partial charge < -0.3 is 15.3 Å². The van der Waals surface area contributed by atoms with E-state index < -0.39 is 0 Å². The highest BCUT2D eigenvalue weighted by Crippen LogP contribution is 2.31. The van der Waals surface area contributed by atoms with Gasteiger partial charge in [0.2, 0.25) is 0 Å². The molecule has 1 fully saturated rings. The zero-order valence-corrected chi connectivity index (χ0v) is 13.4. The number of thioether (sulfide) groups is 1. The second-order valence-electron chi connectivity index (χ2n) is 5.80. The molecule has 0 spiro atoms. The molecule has 1 aliphatic carbocycles. The van der Waals surface area contributed by atoms with E-state index >= 15 is 0 Å². The van der Waals surface area contributed by atoms with Gasteiger partial charge in [-0.3, -0.25) is 0 Å². The van der Waals surface area contributed by atoms with Crippen molar-refractivity contribution in [3.05, 3.63) is 34.2 Å². The van der Waals surface area contributed by atoms with Gasteiger partial charge >= 0.3 is 5.69 Å². The fourth-order valence-electron chi connectivity index (χ4n) is 3.27. The smallest absolute Gasteiger partial charge is 0.306 e. The molecule has 3 unspecified atom stereocenters. The maximum atomic E-state index is 11.3. The second kappa shape index (κ2) is 6.28. The third-order valence-electron chi connectivity index (χ3n) is 4.34. The number of hydrogen-bond acceptors (Lipinski definition) is 3. The Labute approximate surface area is 129 Å². The van der Waals surface area contributed by atoms with Crippen LogP contribution in [0.25, 0.3) is 11.0 Å². The molecule has 1 saturated carbocycles. The molecule has 1 heterocycles. The predicted molar refractivity (Wildman–Crippen MR) is 90.0 cm³/mol. The highest BCUT2D eigenvalue weighted by molar-refractivity contribution is 7.99. The molecule has 2 aromatic rings. The standard InChI is InChI=1S/C16H23N3OS/c1-3-21-15-6-4-5-13(15)17-10(2)11-7-8-12-14(9-11)19-16(20)18-12/h7-10,13,15,17H,3-6H2,1-2H3,(H2,18,19,20). The van der Waals surface area contributed by atoms with Gasteiger partial charge in [-0.25, -0.2) is 4.79 Å². The van der Waals surface area contributed by atoms with Crippen molar-refractivity contribution in [1.29, 1.82) is 0 Å². The third-order valence-corrected chi connectivity index (χ3v) is 5.66. The number of fused-ring (bicyclic) bond motifs is 1. The van der Waals surface area contributed by atoms with Crippen LogP contribution in [-0.4, -0.2) is 27.0 Å². The number of benzene rings is 1. The second-order valence-corrected chi connectivity index (χ2v) is 7.32. The van der Waals surface area contributed by atoms with Crippen LogP contribution >= 0.6 is 11.8 Å².